The zero-order valence-electron chi connectivity index (χ0n) is 13.4. The third kappa shape index (κ3) is 5.04. The third-order valence-corrected chi connectivity index (χ3v) is 3.19. The second-order valence-electron chi connectivity index (χ2n) is 6.27. The number of carbonyl (C=O) groups excluding carboxylic acids is 1. The van der Waals surface area contributed by atoms with E-state index < -0.39 is 10.5 Å². The van der Waals surface area contributed by atoms with Gasteiger partial charge in [-0.25, -0.2) is 4.79 Å². The van der Waals surface area contributed by atoms with Crippen LogP contribution in [0.25, 0.3) is 0 Å². The molecular formula is C14H20N4O5. The number of nitrogens with zero attached hydrogens (tertiary/aromatic N) is 4. The number of nitro groups is 1. The Balaban J connectivity index is 1.82. The van der Waals surface area contributed by atoms with Gasteiger partial charge in [0.2, 0.25) is 0 Å². The average Bonchev–Trinajstić information content (AvgIpc) is 2.46. The van der Waals surface area contributed by atoms with E-state index in [9.17, 15) is 14.9 Å². The van der Waals surface area contributed by atoms with E-state index in [1.165, 1.54) is 0 Å². The maximum Gasteiger partial charge on any atom is 0.410 e. The van der Waals surface area contributed by atoms with E-state index in [0.717, 1.165) is 12.4 Å². The van der Waals surface area contributed by atoms with Crippen LogP contribution in [0, 0.1) is 10.1 Å². The van der Waals surface area contributed by atoms with Gasteiger partial charge in [0.15, 0.2) is 0 Å². The van der Waals surface area contributed by atoms with Crippen LogP contribution < -0.4 is 4.74 Å². The van der Waals surface area contributed by atoms with Crippen molar-refractivity contribution in [1.82, 2.24) is 14.9 Å². The molecule has 1 aliphatic rings. The number of hydrogen-bond acceptors (Lipinski definition) is 7. The largest absolute Gasteiger partial charge is 0.460 e. The van der Waals surface area contributed by atoms with Crippen LogP contribution in [-0.4, -0.2) is 50.7 Å². The van der Waals surface area contributed by atoms with Gasteiger partial charge in [0.25, 0.3) is 0 Å². The summed E-state index contributed by atoms with van der Waals surface area (Å²) in [5, 5.41) is 10.5. The van der Waals surface area contributed by atoms with Crippen LogP contribution in [0.3, 0.4) is 0 Å². The van der Waals surface area contributed by atoms with E-state index in [-0.39, 0.29) is 23.9 Å². The Morgan fingerprint density at radius 3 is 2.35 bits per heavy atom. The van der Waals surface area contributed by atoms with Crippen molar-refractivity contribution in [3.8, 4) is 6.01 Å². The summed E-state index contributed by atoms with van der Waals surface area (Å²) in [6.45, 7) is 6.52. The number of carbonyl (C=O) groups is 1. The van der Waals surface area contributed by atoms with Gasteiger partial charge < -0.3 is 14.4 Å². The van der Waals surface area contributed by atoms with Gasteiger partial charge in [-0.2, -0.15) is 9.97 Å². The summed E-state index contributed by atoms with van der Waals surface area (Å²) in [5.41, 5.74) is -0.700. The fourth-order valence-electron chi connectivity index (χ4n) is 2.10. The minimum Gasteiger partial charge on any atom is -0.460 e. The molecule has 1 fully saturated rings. The number of ether oxygens (including phenoxy) is 2. The first kappa shape index (κ1) is 16.9. The third-order valence-electron chi connectivity index (χ3n) is 3.19. The van der Waals surface area contributed by atoms with Crippen molar-refractivity contribution < 1.29 is 19.2 Å². The fraction of sp³-hybridized carbons (Fsp3) is 0.643. The van der Waals surface area contributed by atoms with Crippen molar-refractivity contribution in [1.29, 1.82) is 0 Å². The molecule has 0 aliphatic carbocycles. The predicted octanol–water partition coefficient (Wildman–Crippen LogP) is 2.16. The van der Waals surface area contributed by atoms with Gasteiger partial charge in [-0.3, -0.25) is 10.1 Å². The number of hydrogen-bond donors (Lipinski definition) is 0. The molecule has 0 atom stereocenters. The van der Waals surface area contributed by atoms with Crippen LogP contribution in [0.5, 0.6) is 6.01 Å². The maximum atomic E-state index is 12.0. The lowest BCUT2D eigenvalue weighted by Crippen LogP contribution is -2.44. The minimum atomic E-state index is -0.566. The topological polar surface area (TPSA) is 108 Å². The van der Waals surface area contributed by atoms with Gasteiger partial charge >= 0.3 is 17.8 Å². The van der Waals surface area contributed by atoms with Crippen molar-refractivity contribution in [2.45, 2.75) is 45.3 Å². The van der Waals surface area contributed by atoms with Crippen molar-refractivity contribution >= 4 is 11.8 Å². The lowest BCUT2D eigenvalue weighted by atomic mass is 10.1. The van der Waals surface area contributed by atoms with E-state index in [1.54, 1.807) is 4.90 Å². The van der Waals surface area contributed by atoms with E-state index in [2.05, 4.69) is 9.97 Å². The summed E-state index contributed by atoms with van der Waals surface area (Å²) < 4.78 is 10.9. The molecule has 1 saturated heterocycles. The molecule has 0 bridgehead atoms. The molecule has 0 radical (unpaired) electrons. The molecule has 1 aromatic rings. The summed E-state index contributed by atoms with van der Waals surface area (Å²) in [6.07, 6.45) is 3.01. The Bertz CT molecular complexity index is 562. The molecule has 0 N–H and O–H groups in total. The Morgan fingerprint density at radius 1 is 1.30 bits per heavy atom. The van der Waals surface area contributed by atoms with Gasteiger partial charge in [-0.1, -0.05) is 0 Å². The van der Waals surface area contributed by atoms with Gasteiger partial charge in [-0.05, 0) is 20.8 Å². The number of piperidine rings is 1. The Morgan fingerprint density at radius 2 is 1.87 bits per heavy atom. The summed E-state index contributed by atoms with van der Waals surface area (Å²) in [6, 6.07) is 0.103. The fourth-order valence-corrected chi connectivity index (χ4v) is 2.10. The lowest BCUT2D eigenvalue weighted by Gasteiger charge is -2.33. The maximum absolute atomic E-state index is 12.0. The van der Waals surface area contributed by atoms with E-state index in [1.807, 2.05) is 20.8 Å². The smallest absolute Gasteiger partial charge is 0.410 e. The van der Waals surface area contributed by atoms with Gasteiger partial charge in [-0.15, -0.1) is 0 Å². The Kier molecular flexibility index (Phi) is 4.97. The number of rotatable bonds is 3. The molecule has 2 rings (SSSR count). The SMILES string of the molecule is CC(C)(C)OC(=O)N1CCC(Oc2ncc([N+](=O)[O-])cn2)CC1. The van der Waals surface area contributed by atoms with Crippen LogP contribution in [0.4, 0.5) is 10.5 Å². The van der Waals surface area contributed by atoms with E-state index in [4.69, 9.17) is 9.47 Å². The number of likely N-dealkylation sites (tertiary alicyclic amines) is 1. The molecule has 0 unspecified atom stereocenters. The van der Waals surface area contributed by atoms with Gasteiger partial charge in [0, 0.05) is 25.9 Å². The molecule has 23 heavy (non-hydrogen) atoms. The first-order valence-corrected chi connectivity index (χ1v) is 7.35. The molecule has 126 valence electrons. The van der Waals surface area contributed by atoms with Crippen LogP contribution >= 0.6 is 0 Å². The summed E-state index contributed by atoms with van der Waals surface area (Å²) in [4.78, 5) is 31.2. The molecule has 9 nitrogen and oxygen atoms in total. The first-order valence-electron chi connectivity index (χ1n) is 7.35. The second kappa shape index (κ2) is 6.76. The predicted molar refractivity (Wildman–Crippen MR) is 80.1 cm³/mol. The molecule has 9 heteroatoms. The summed E-state index contributed by atoms with van der Waals surface area (Å²) >= 11 is 0. The average molecular weight is 324 g/mol. The van der Waals surface area contributed by atoms with E-state index in [0.29, 0.717) is 25.9 Å². The van der Waals surface area contributed by atoms with Gasteiger partial charge in [0.05, 0.1) is 4.92 Å². The Hall–Kier alpha value is -2.45. The van der Waals surface area contributed by atoms with Crippen LogP contribution in [0.1, 0.15) is 33.6 Å². The summed E-state index contributed by atoms with van der Waals surface area (Å²) in [7, 11) is 0. The van der Waals surface area contributed by atoms with Crippen LogP contribution in [-0.2, 0) is 4.74 Å². The monoisotopic (exact) mass is 324 g/mol. The van der Waals surface area contributed by atoms with Crippen LogP contribution in [0.2, 0.25) is 0 Å². The van der Waals surface area contributed by atoms with Crippen molar-refractivity contribution in [2.75, 3.05) is 13.1 Å². The second-order valence-corrected chi connectivity index (χ2v) is 6.27. The molecule has 0 aromatic carbocycles. The molecule has 0 spiro atoms. The normalized spacial score (nSPS) is 16.0. The first-order chi connectivity index (χ1) is 10.7. The molecule has 1 aromatic heterocycles. The quantitative estimate of drug-likeness (QED) is 0.619. The van der Waals surface area contributed by atoms with Crippen molar-refractivity contribution in [2.24, 2.45) is 0 Å². The highest BCUT2D eigenvalue weighted by molar-refractivity contribution is 5.68. The molecule has 1 amide bonds. The summed E-state index contributed by atoms with van der Waals surface area (Å²) in [5.74, 6) is 0. The zero-order valence-corrected chi connectivity index (χ0v) is 13.4. The number of amides is 1. The zero-order chi connectivity index (χ0) is 17.0. The van der Waals surface area contributed by atoms with Crippen molar-refractivity contribution in [3.63, 3.8) is 0 Å². The van der Waals surface area contributed by atoms with E-state index >= 15 is 0 Å². The minimum absolute atomic E-state index is 0.103. The molecule has 2 heterocycles. The number of aromatic nitrogens is 2. The molecule has 1 aliphatic heterocycles. The molecule has 0 saturated carbocycles. The van der Waals surface area contributed by atoms with Gasteiger partial charge in [0.1, 0.15) is 24.1 Å². The van der Waals surface area contributed by atoms with Crippen LogP contribution in [0.15, 0.2) is 12.4 Å². The molecular weight excluding hydrogens is 304 g/mol. The Labute approximate surface area is 133 Å². The standard InChI is InChI=1S/C14H20N4O5/c1-14(2,3)23-13(19)17-6-4-11(5-7-17)22-12-15-8-10(9-16-12)18(20)21/h8-9,11H,4-7H2,1-3H3. The highest BCUT2D eigenvalue weighted by atomic mass is 16.6. The highest BCUT2D eigenvalue weighted by Gasteiger charge is 2.28. The van der Waals surface area contributed by atoms with Crippen molar-refractivity contribution in [3.05, 3.63) is 22.5 Å². The lowest BCUT2D eigenvalue weighted by molar-refractivity contribution is -0.385. The highest BCUT2D eigenvalue weighted by Crippen LogP contribution is 2.19.